The van der Waals surface area contributed by atoms with Crippen molar-refractivity contribution in [2.75, 3.05) is 19.8 Å². The van der Waals surface area contributed by atoms with Gasteiger partial charge in [0.25, 0.3) is 0 Å². The van der Waals surface area contributed by atoms with Gasteiger partial charge in [-0.2, -0.15) is 0 Å². The summed E-state index contributed by atoms with van der Waals surface area (Å²) in [5.41, 5.74) is 8.26. The SMILES string of the molecule is CN(C)C1CCCCC1.Nc1ncc2c(-c3cnc4ncc(Cl)n4c3)ccn2n1. The van der Waals surface area contributed by atoms with Crippen LogP contribution in [0.5, 0.6) is 0 Å². The van der Waals surface area contributed by atoms with Gasteiger partial charge in [-0.25, -0.2) is 19.5 Å². The summed E-state index contributed by atoms with van der Waals surface area (Å²) in [5.74, 6) is 0.786. The predicted molar refractivity (Wildman–Crippen MR) is 115 cm³/mol. The lowest BCUT2D eigenvalue weighted by atomic mass is 9.95. The van der Waals surface area contributed by atoms with Gasteiger partial charge in [0, 0.05) is 35.8 Å². The largest absolute Gasteiger partial charge is 0.367 e. The van der Waals surface area contributed by atoms with Crippen LogP contribution in [-0.2, 0) is 0 Å². The minimum absolute atomic E-state index is 0.228. The number of fused-ring (bicyclic) bond motifs is 2. The van der Waals surface area contributed by atoms with Crippen LogP contribution in [0.4, 0.5) is 5.95 Å². The molecule has 0 aliphatic heterocycles. The number of halogens is 1. The second kappa shape index (κ2) is 8.34. The van der Waals surface area contributed by atoms with Gasteiger partial charge in [0.1, 0.15) is 5.15 Å². The second-order valence-electron chi connectivity index (χ2n) is 7.52. The Bertz CT molecular complexity index is 1110. The van der Waals surface area contributed by atoms with E-state index < -0.39 is 0 Å². The van der Waals surface area contributed by atoms with E-state index in [4.69, 9.17) is 17.3 Å². The fourth-order valence-electron chi connectivity index (χ4n) is 3.74. The first-order valence-corrected chi connectivity index (χ1v) is 10.2. The van der Waals surface area contributed by atoms with E-state index in [0.29, 0.717) is 10.9 Å². The quantitative estimate of drug-likeness (QED) is 0.541. The molecule has 1 fully saturated rings. The van der Waals surface area contributed by atoms with Gasteiger partial charge in [0.05, 0.1) is 17.9 Å². The molecule has 4 aromatic rings. The number of imidazole rings is 1. The van der Waals surface area contributed by atoms with E-state index in [1.807, 2.05) is 18.5 Å². The van der Waals surface area contributed by atoms with Gasteiger partial charge >= 0.3 is 0 Å². The molecule has 0 radical (unpaired) electrons. The maximum Gasteiger partial charge on any atom is 0.238 e. The summed E-state index contributed by atoms with van der Waals surface area (Å²) >= 11 is 6.06. The highest BCUT2D eigenvalue weighted by molar-refractivity contribution is 6.29. The van der Waals surface area contributed by atoms with E-state index in [-0.39, 0.29) is 5.95 Å². The lowest BCUT2D eigenvalue weighted by Crippen LogP contribution is -2.29. The molecule has 0 aromatic carbocycles. The lowest BCUT2D eigenvalue weighted by molar-refractivity contribution is 0.229. The Hall–Kier alpha value is -2.71. The topological polar surface area (TPSA) is 89.6 Å². The summed E-state index contributed by atoms with van der Waals surface area (Å²) in [4.78, 5) is 14.7. The molecule has 4 aromatic heterocycles. The van der Waals surface area contributed by atoms with E-state index in [9.17, 15) is 0 Å². The van der Waals surface area contributed by atoms with Crippen molar-refractivity contribution in [2.45, 2.75) is 38.1 Å². The Morgan fingerprint density at radius 1 is 1.07 bits per heavy atom. The smallest absolute Gasteiger partial charge is 0.238 e. The molecule has 0 saturated heterocycles. The fraction of sp³-hybridized carbons (Fsp3) is 0.400. The number of hydrogen-bond acceptors (Lipinski definition) is 6. The summed E-state index contributed by atoms with van der Waals surface area (Å²) in [6.07, 6.45) is 15.9. The molecule has 0 bridgehead atoms. The molecular weight excluding hydrogens is 388 g/mol. The van der Waals surface area contributed by atoms with Crippen molar-refractivity contribution < 1.29 is 0 Å². The summed E-state index contributed by atoms with van der Waals surface area (Å²) in [7, 11) is 4.38. The molecule has 152 valence electrons. The van der Waals surface area contributed by atoms with Crippen LogP contribution in [0, 0.1) is 0 Å². The van der Waals surface area contributed by atoms with Gasteiger partial charge in [0.2, 0.25) is 11.7 Å². The van der Waals surface area contributed by atoms with Crippen molar-refractivity contribution in [3.63, 3.8) is 0 Å². The molecule has 1 saturated carbocycles. The molecule has 4 heterocycles. The van der Waals surface area contributed by atoms with Crippen LogP contribution in [0.25, 0.3) is 22.4 Å². The van der Waals surface area contributed by atoms with E-state index in [1.54, 1.807) is 27.5 Å². The van der Waals surface area contributed by atoms with Gasteiger partial charge in [-0.3, -0.25) is 4.40 Å². The zero-order valence-electron chi connectivity index (χ0n) is 16.7. The van der Waals surface area contributed by atoms with Crippen LogP contribution in [0.15, 0.2) is 37.1 Å². The zero-order valence-corrected chi connectivity index (χ0v) is 17.4. The van der Waals surface area contributed by atoms with Crippen molar-refractivity contribution >= 4 is 28.8 Å². The molecule has 0 atom stereocenters. The van der Waals surface area contributed by atoms with Gasteiger partial charge in [-0.15, -0.1) is 5.10 Å². The van der Waals surface area contributed by atoms with Gasteiger partial charge in [-0.05, 0) is 33.0 Å². The van der Waals surface area contributed by atoms with Crippen LogP contribution >= 0.6 is 11.6 Å². The molecule has 2 N–H and O–H groups in total. The van der Waals surface area contributed by atoms with Crippen molar-refractivity contribution in [2.24, 2.45) is 0 Å². The third-order valence-corrected chi connectivity index (χ3v) is 5.65. The van der Waals surface area contributed by atoms with E-state index in [2.05, 4.69) is 39.0 Å². The molecule has 29 heavy (non-hydrogen) atoms. The van der Waals surface area contributed by atoms with Crippen LogP contribution in [-0.4, -0.2) is 54.0 Å². The molecule has 8 nitrogen and oxygen atoms in total. The average molecular weight is 413 g/mol. The van der Waals surface area contributed by atoms with Crippen LogP contribution in [0.2, 0.25) is 5.15 Å². The highest BCUT2D eigenvalue weighted by Crippen LogP contribution is 2.25. The van der Waals surface area contributed by atoms with Crippen LogP contribution in [0.1, 0.15) is 32.1 Å². The molecular formula is C20H25ClN8. The third kappa shape index (κ3) is 4.18. The van der Waals surface area contributed by atoms with Gasteiger partial charge in [-0.1, -0.05) is 30.9 Å². The molecule has 0 unspecified atom stereocenters. The van der Waals surface area contributed by atoms with Gasteiger partial charge in [0.15, 0.2) is 0 Å². The highest BCUT2D eigenvalue weighted by Gasteiger charge is 2.14. The fourth-order valence-corrected chi connectivity index (χ4v) is 3.91. The zero-order chi connectivity index (χ0) is 20.4. The molecule has 9 heteroatoms. The molecule has 1 aliphatic rings. The lowest BCUT2D eigenvalue weighted by Gasteiger charge is -2.27. The highest BCUT2D eigenvalue weighted by atomic mass is 35.5. The number of anilines is 1. The molecule has 5 rings (SSSR count). The minimum Gasteiger partial charge on any atom is -0.367 e. The Morgan fingerprint density at radius 3 is 2.55 bits per heavy atom. The average Bonchev–Trinajstić information content (AvgIpc) is 3.32. The molecule has 0 amide bonds. The number of hydrogen-bond donors (Lipinski definition) is 1. The van der Waals surface area contributed by atoms with Crippen molar-refractivity contribution in [1.29, 1.82) is 0 Å². The normalized spacial score (nSPS) is 15.0. The third-order valence-electron chi connectivity index (χ3n) is 5.37. The van der Waals surface area contributed by atoms with E-state index in [1.165, 1.54) is 32.1 Å². The van der Waals surface area contributed by atoms with Crippen molar-refractivity contribution in [3.05, 3.63) is 42.2 Å². The summed E-state index contributed by atoms with van der Waals surface area (Å²) in [6.45, 7) is 0. The van der Waals surface area contributed by atoms with Crippen LogP contribution < -0.4 is 5.73 Å². The second-order valence-corrected chi connectivity index (χ2v) is 7.91. The van der Waals surface area contributed by atoms with Crippen LogP contribution in [0.3, 0.4) is 0 Å². The number of aromatic nitrogens is 6. The van der Waals surface area contributed by atoms with Crippen molar-refractivity contribution in [3.8, 4) is 11.1 Å². The minimum atomic E-state index is 0.228. The first-order chi connectivity index (χ1) is 14.0. The number of nitrogens with two attached hydrogens (primary N) is 1. The number of nitrogen functional groups attached to an aromatic ring is 1. The number of rotatable bonds is 2. The molecule has 1 aliphatic carbocycles. The van der Waals surface area contributed by atoms with E-state index >= 15 is 0 Å². The first-order valence-electron chi connectivity index (χ1n) is 9.78. The predicted octanol–water partition coefficient (Wildman–Crippen LogP) is 3.56. The Balaban J connectivity index is 0.000000192. The Labute approximate surface area is 174 Å². The van der Waals surface area contributed by atoms with E-state index in [0.717, 1.165) is 22.7 Å². The van der Waals surface area contributed by atoms with Crippen molar-refractivity contribution in [1.82, 2.24) is 33.9 Å². The number of nitrogens with zero attached hydrogens (tertiary/aromatic N) is 7. The summed E-state index contributed by atoms with van der Waals surface area (Å²) in [5, 5.41) is 4.62. The molecule has 0 spiro atoms. The Kier molecular flexibility index (Phi) is 5.64. The summed E-state index contributed by atoms with van der Waals surface area (Å²) in [6, 6.07) is 2.82. The monoisotopic (exact) mass is 412 g/mol. The standard InChI is InChI=1S/C12H8ClN7.C8H17N/c13-10-5-17-12-16-3-7(6-19(10)12)8-1-2-20-9(8)4-15-11(14)18-20;1-9(2)8-6-4-3-5-7-8/h1-6H,(H2,14,18);8H,3-7H2,1-2H3. The Morgan fingerprint density at radius 2 is 1.83 bits per heavy atom. The maximum atomic E-state index is 6.06. The maximum absolute atomic E-state index is 6.06. The first kappa shape index (κ1) is 19.6. The summed E-state index contributed by atoms with van der Waals surface area (Å²) < 4.78 is 3.40. The van der Waals surface area contributed by atoms with Gasteiger partial charge < -0.3 is 10.6 Å².